The normalized spacial score (nSPS) is 29.1. The Labute approximate surface area is 171 Å². The van der Waals surface area contributed by atoms with Crippen LogP contribution in [0.1, 0.15) is 29.6 Å². The van der Waals surface area contributed by atoms with Gasteiger partial charge in [-0.15, -0.1) is 0 Å². The maximum Gasteiger partial charge on any atom is 0.490 e. The number of carboxylic acid groups (broad SMARTS) is 1. The quantitative estimate of drug-likeness (QED) is 0.725. The molecular formula is C18H25F3N4O5. The van der Waals surface area contributed by atoms with Gasteiger partial charge in [0.25, 0.3) is 5.91 Å². The van der Waals surface area contributed by atoms with Gasteiger partial charge >= 0.3 is 12.1 Å². The van der Waals surface area contributed by atoms with E-state index in [1.54, 1.807) is 17.1 Å². The van der Waals surface area contributed by atoms with E-state index in [2.05, 4.69) is 15.3 Å². The summed E-state index contributed by atoms with van der Waals surface area (Å²) in [5.41, 5.74) is 0.600. The maximum atomic E-state index is 12.5. The number of aryl methyl sites for hydroxylation is 1. The second kappa shape index (κ2) is 9.31. The van der Waals surface area contributed by atoms with Gasteiger partial charge in [0.05, 0.1) is 30.5 Å². The highest BCUT2D eigenvalue weighted by atomic mass is 19.4. The van der Waals surface area contributed by atoms with E-state index < -0.39 is 12.1 Å². The van der Waals surface area contributed by atoms with Gasteiger partial charge < -0.3 is 19.9 Å². The van der Waals surface area contributed by atoms with Crippen molar-refractivity contribution in [2.75, 3.05) is 26.4 Å². The number of fused-ring (bicyclic) bond motifs is 1. The molecule has 0 bridgehead atoms. The number of ether oxygens (including phenoxy) is 2. The van der Waals surface area contributed by atoms with Gasteiger partial charge in [-0.1, -0.05) is 0 Å². The van der Waals surface area contributed by atoms with Crippen molar-refractivity contribution in [3.63, 3.8) is 0 Å². The summed E-state index contributed by atoms with van der Waals surface area (Å²) >= 11 is 0. The summed E-state index contributed by atoms with van der Waals surface area (Å²) in [6, 6.07) is 0.896. The third kappa shape index (κ3) is 5.29. The summed E-state index contributed by atoms with van der Waals surface area (Å²) in [4.78, 5) is 23.9. The predicted octanol–water partition coefficient (Wildman–Crippen LogP) is 0.804. The van der Waals surface area contributed by atoms with E-state index in [1.165, 1.54) is 0 Å². The van der Waals surface area contributed by atoms with Crippen LogP contribution in [0.2, 0.25) is 0 Å². The number of rotatable bonds is 3. The fraction of sp³-hybridized carbons (Fsp3) is 0.722. The van der Waals surface area contributed by atoms with Crippen LogP contribution >= 0.6 is 0 Å². The van der Waals surface area contributed by atoms with Crippen molar-refractivity contribution in [2.24, 2.45) is 7.05 Å². The van der Waals surface area contributed by atoms with Crippen LogP contribution in [-0.4, -0.2) is 88.4 Å². The number of nitrogens with one attached hydrogen (secondary N) is 1. The van der Waals surface area contributed by atoms with Crippen molar-refractivity contribution in [3.8, 4) is 0 Å². The van der Waals surface area contributed by atoms with Gasteiger partial charge in [0.2, 0.25) is 0 Å². The predicted molar refractivity (Wildman–Crippen MR) is 96.8 cm³/mol. The van der Waals surface area contributed by atoms with E-state index in [0.29, 0.717) is 17.6 Å². The molecule has 12 heteroatoms. The van der Waals surface area contributed by atoms with Gasteiger partial charge in [-0.25, -0.2) is 4.79 Å². The molecule has 0 saturated carbocycles. The second-order valence-electron chi connectivity index (χ2n) is 7.54. The van der Waals surface area contributed by atoms with Gasteiger partial charge in [0.15, 0.2) is 0 Å². The average Bonchev–Trinajstić information content (AvgIpc) is 3.42. The first kappa shape index (κ1) is 22.5. The van der Waals surface area contributed by atoms with Gasteiger partial charge in [-0.3, -0.25) is 14.4 Å². The van der Waals surface area contributed by atoms with E-state index in [0.717, 1.165) is 45.6 Å². The largest absolute Gasteiger partial charge is 0.490 e. The summed E-state index contributed by atoms with van der Waals surface area (Å²) in [6.45, 7) is 3.27. The minimum Gasteiger partial charge on any atom is -0.475 e. The lowest BCUT2D eigenvalue weighted by Gasteiger charge is -2.34. The molecule has 1 amide bonds. The van der Waals surface area contributed by atoms with Crippen molar-refractivity contribution in [1.29, 1.82) is 0 Å². The number of aliphatic carboxylic acids is 1. The average molecular weight is 434 g/mol. The van der Waals surface area contributed by atoms with Gasteiger partial charge in [0, 0.05) is 45.1 Å². The van der Waals surface area contributed by atoms with Crippen LogP contribution in [0, 0.1) is 0 Å². The number of carboxylic acids is 1. The van der Waals surface area contributed by atoms with Crippen molar-refractivity contribution >= 4 is 11.9 Å². The molecule has 2 N–H and O–H groups in total. The number of halogens is 3. The number of hydrogen-bond donors (Lipinski definition) is 2. The molecule has 1 aromatic rings. The first-order valence-electron chi connectivity index (χ1n) is 9.71. The van der Waals surface area contributed by atoms with E-state index in [-0.39, 0.29) is 18.1 Å². The number of carbonyl (C=O) groups is 2. The summed E-state index contributed by atoms with van der Waals surface area (Å²) in [5.74, 6) is -2.83. The Morgan fingerprint density at radius 1 is 1.30 bits per heavy atom. The minimum absolute atomic E-state index is 0.0357. The zero-order valence-corrected chi connectivity index (χ0v) is 16.5. The van der Waals surface area contributed by atoms with E-state index >= 15 is 0 Å². The minimum atomic E-state index is -5.08. The molecule has 0 aliphatic carbocycles. The Bertz CT molecular complexity index is 750. The molecule has 0 spiro atoms. The SMILES string of the molecule is Cn1cc(C(=O)N[C@H]2CN(C3CCOC3)[C@@H]3CCCO[C@H]23)cn1.O=C(O)C(F)(F)F. The molecular weight excluding hydrogens is 409 g/mol. The number of aromatic nitrogens is 2. The lowest BCUT2D eigenvalue weighted by Crippen LogP contribution is -2.48. The van der Waals surface area contributed by atoms with Crippen LogP contribution in [0.25, 0.3) is 0 Å². The molecule has 0 radical (unpaired) electrons. The van der Waals surface area contributed by atoms with Crippen molar-refractivity contribution in [3.05, 3.63) is 18.0 Å². The molecule has 3 aliphatic heterocycles. The molecule has 3 saturated heterocycles. The van der Waals surface area contributed by atoms with Gasteiger partial charge in [-0.05, 0) is 19.3 Å². The molecule has 4 heterocycles. The molecule has 168 valence electrons. The number of amides is 1. The fourth-order valence-electron chi connectivity index (χ4n) is 4.11. The molecule has 9 nitrogen and oxygen atoms in total. The first-order valence-corrected chi connectivity index (χ1v) is 9.71. The summed E-state index contributed by atoms with van der Waals surface area (Å²) in [7, 11) is 1.81. The summed E-state index contributed by atoms with van der Waals surface area (Å²) < 4.78 is 45.0. The summed E-state index contributed by atoms with van der Waals surface area (Å²) in [6.07, 6.45) is 1.66. The van der Waals surface area contributed by atoms with Crippen molar-refractivity contribution < 1.29 is 37.3 Å². The first-order chi connectivity index (χ1) is 14.2. The van der Waals surface area contributed by atoms with Crippen LogP contribution < -0.4 is 5.32 Å². The van der Waals surface area contributed by atoms with Crippen LogP contribution in [0.15, 0.2) is 12.4 Å². The number of alkyl halides is 3. The Morgan fingerprint density at radius 3 is 2.60 bits per heavy atom. The smallest absolute Gasteiger partial charge is 0.475 e. The molecule has 1 aromatic heterocycles. The third-order valence-corrected chi connectivity index (χ3v) is 5.46. The molecule has 4 rings (SSSR count). The molecule has 0 aromatic carbocycles. The summed E-state index contributed by atoms with van der Waals surface area (Å²) in [5, 5.41) is 14.4. The van der Waals surface area contributed by atoms with Crippen molar-refractivity contribution in [1.82, 2.24) is 20.0 Å². The van der Waals surface area contributed by atoms with Crippen LogP contribution in [0.4, 0.5) is 13.2 Å². The van der Waals surface area contributed by atoms with E-state index in [1.807, 2.05) is 7.05 Å². The van der Waals surface area contributed by atoms with Crippen LogP contribution in [0.5, 0.6) is 0 Å². The highest BCUT2D eigenvalue weighted by Crippen LogP contribution is 2.32. The topological polar surface area (TPSA) is 106 Å². The highest BCUT2D eigenvalue weighted by Gasteiger charge is 2.47. The number of likely N-dealkylation sites (tertiary alicyclic amines) is 1. The Balaban J connectivity index is 0.000000318. The number of hydrogen-bond acceptors (Lipinski definition) is 6. The number of carbonyl (C=O) groups excluding carboxylic acids is 1. The Hall–Kier alpha value is -2.18. The molecule has 1 unspecified atom stereocenters. The molecule has 4 atom stereocenters. The molecule has 3 fully saturated rings. The lowest BCUT2D eigenvalue weighted by atomic mass is 10.00. The molecule has 30 heavy (non-hydrogen) atoms. The maximum absolute atomic E-state index is 12.5. The van der Waals surface area contributed by atoms with Crippen molar-refractivity contribution in [2.45, 2.75) is 49.7 Å². The van der Waals surface area contributed by atoms with Gasteiger partial charge in [0.1, 0.15) is 0 Å². The monoisotopic (exact) mass is 434 g/mol. The Kier molecular flexibility index (Phi) is 6.98. The molecule has 3 aliphatic rings. The van der Waals surface area contributed by atoms with Crippen LogP contribution in [-0.2, 0) is 21.3 Å². The zero-order valence-electron chi connectivity index (χ0n) is 16.5. The Morgan fingerprint density at radius 2 is 2.03 bits per heavy atom. The standard InChI is InChI=1S/C16H24N4O3.C2HF3O2/c1-19-8-11(7-17-19)16(21)18-13-9-20(12-4-6-22-10-12)14-3-2-5-23-15(13)14;3-2(4,5)1(6)7/h7-8,12-15H,2-6,9-10H2,1H3,(H,18,21);(H,6,7)/t12?,13-,14+,15+;/m0./s1. The third-order valence-electron chi connectivity index (χ3n) is 5.46. The van der Waals surface area contributed by atoms with Gasteiger partial charge in [-0.2, -0.15) is 18.3 Å². The zero-order chi connectivity index (χ0) is 21.9. The fourth-order valence-corrected chi connectivity index (χ4v) is 4.11. The van der Waals surface area contributed by atoms with E-state index in [9.17, 15) is 18.0 Å². The van der Waals surface area contributed by atoms with E-state index in [4.69, 9.17) is 19.4 Å². The second-order valence-corrected chi connectivity index (χ2v) is 7.54. The highest BCUT2D eigenvalue weighted by molar-refractivity contribution is 5.94. The van der Waals surface area contributed by atoms with Crippen LogP contribution in [0.3, 0.4) is 0 Å². The lowest BCUT2D eigenvalue weighted by molar-refractivity contribution is -0.192. The number of nitrogens with zero attached hydrogens (tertiary/aromatic N) is 3.